The van der Waals surface area contributed by atoms with Gasteiger partial charge in [0.2, 0.25) is 0 Å². The van der Waals surface area contributed by atoms with Crippen LogP contribution in [-0.4, -0.2) is 4.98 Å². The topological polar surface area (TPSA) is 24.9 Å². The molecular formula is C48H34N2. The van der Waals surface area contributed by atoms with Gasteiger partial charge in [0.05, 0.1) is 17.3 Å². The average molecular weight is 639 g/mol. The highest BCUT2D eigenvalue weighted by molar-refractivity contribution is 6.16. The minimum absolute atomic E-state index is 0.0114. The van der Waals surface area contributed by atoms with Crippen LogP contribution in [0.3, 0.4) is 0 Å². The number of allylic oxidation sites excluding steroid dienone is 2. The zero-order chi connectivity index (χ0) is 33.3. The van der Waals surface area contributed by atoms with E-state index in [1.165, 1.54) is 55.1 Å². The maximum atomic E-state index is 5.22. The van der Waals surface area contributed by atoms with Crippen LogP contribution in [-0.2, 0) is 0 Å². The lowest BCUT2D eigenvalue weighted by Gasteiger charge is -2.26. The van der Waals surface area contributed by atoms with Crippen molar-refractivity contribution in [3.63, 3.8) is 0 Å². The fraction of sp³-hybridized carbons (Fsp3) is 0.0208. The van der Waals surface area contributed by atoms with E-state index in [2.05, 4.69) is 199 Å². The summed E-state index contributed by atoms with van der Waals surface area (Å²) in [5, 5.41) is 7.45. The molecule has 9 rings (SSSR count). The highest BCUT2D eigenvalue weighted by atomic mass is 14.9. The number of benzene rings is 7. The highest BCUT2D eigenvalue weighted by Gasteiger charge is 2.21. The molecule has 0 amide bonds. The molecule has 2 heterocycles. The van der Waals surface area contributed by atoms with E-state index in [1.807, 2.05) is 0 Å². The summed E-state index contributed by atoms with van der Waals surface area (Å²) in [5.74, 6) is 0. The number of dihydropyridines is 1. The maximum Gasteiger partial charge on any atom is 0.0722 e. The van der Waals surface area contributed by atoms with E-state index in [1.54, 1.807) is 0 Å². The van der Waals surface area contributed by atoms with Gasteiger partial charge in [-0.05, 0) is 85.6 Å². The van der Waals surface area contributed by atoms with Gasteiger partial charge in [0.1, 0.15) is 0 Å². The van der Waals surface area contributed by atoms with E-state index < -0.39 is 0 Å². The normalized spacial score (nSPS) is 14.2. The number of pyridine rings is 1. The van der Waals surface area contributed by atoms with Crippen molar-refractivity contribution in [2.45, 2.75) is 6.04 Å². The first-order valence-corrected chi connectivity index (χ1v) is 17.2. The van der Waals surface area contributed by atoms with Gasteiger partial charge in [-0.15, -0.1) is 0 Å². The first-order valence-electron chi connectivity index (χ1n) is 17.2. The number of fused-ring (bicyclic) bond motifs is 3. The van der Waals surface area contributed by atoms with Crippen molar-refractivity contribution < 1.29 is 0 Å². The first kappa shape index (κ1) is 29.6. The second-order valence-electron chi connectivity index (χ2n) is 12.8. The molecule has 1 aromatic heterocycles. The SMILES string of the molecule is C1=C(c2cccc(-c3ccccc3)c2)NC(c2ccccc2)C=C1c1cccc2c1ccc1nc(-c3ccccc3)cc(-c3ccccc3)c12. The van der Waals surface area contributed by atoms with Gasteiger partial charge in [-0.1, -0.05) is 164 Å². The van der Waals surface area contributed by atoms with Gasteiger partial charge in [0.15, 0.2) is 0 Å². The monoisotopic (exact) mass is 638 g/mol. The van der Waals surface area contributed by atoms with Crippen molar-refractivity contribution >= 4 is 32.9 Å². The molecule has 0 saturated heterocycles. The summed E-state index contributed by atoms with van der Waals surface area (Å²) in [7, 11) is 0. The molecule has 1 aliphatic rings. The van der Waals surface area contributed by atoms with Crippen molar-refractivity contribution in [2.75, 3.05) is 0 Å². The van der Waals surface area contributed by atoms with Gasteiger partial charge < -0.3 is 5.32 Å². The molecule has 0 aliphatic carbocycles. The summed E-state index contributed by atoms with van der Waals surface area (Å²) in [6.07, 6.45) is 4.69. The van der Waals surface area contributed by atoms with Crippen LogP contribution in [0.25, 0.3) is 66.5 Å². The lowest BCUT2D eigenvalue weighted by atomic mass is 9.88. The molecular weight excluding hydrogens is 605 g/mol. The summed E-state index contributed by atoms with van der Waals surface area (Å²) in [5.41, 5.74) is 13.7. The minimum atomic E-state index is 0.0114. The van der Waals surface area contributed by atoms with E-state index >= 15 is 0 Å². The molecule has 1 unspecified atom stereocenters. The quantitative estimate of drug-likeness (QED) is 0.183. The molecule has 7 aromatic carbocycles. The van der Waals surface area contributed by atoms with Crippen molar-refractivity contribution in [3.8, 4) is 33.5 Å². The molecule has 2 nitrogen and oxygen atoms in total. The van der Waals surface area contributed by atoms with E-state index in [-0.39, 0.29) is 6.04 Å². The van der Waals surface area contributed by atoms with Crippen LogP contribution in [0.2, 0.25) is 0 Å². The van der Waals surface area contributed by atoms with Crippen LogP contribution in [0, 0.1) is 0 Å². The molecule has 2 heteroatoms. The Morgan fingerprint density at radius 2 is 1.06 bits per heavy atom. The second kappa shape index (κ2) is 12.8. The van der Waals surface area contributed by atoms with Crippen LogP contribution < -0.4 is 5.32 Å². The Labute approximate surface area is 292 Å². The molecule has 236 valence electrons. The zero-order valence-electron chi connectivity index (χ0n) is 27.5. The number of nitrogens with one attached hydrogen (secondary N) is 1. The van der Waals surface area contributed by atoms with Crippen LogP contribution in [0.15, 0.2) is 194 Å². The Bertz CT molecular complexity index is 2530. The Hall–Kier alpha value is -6.51. The minimum Gasteiger partial charge on any atom is -0.374 e. The van der Waals surface area contributed by atoms with Gasteiger partial charge in [0, 0.05) is 16.6 Å². The fourth-order valence-electron chi connectivity index (χ4n) is 7.25. The summed E-state index contributed by atoms with van der Waals surface area (Å²) in [6, 6.07) is 64.7. The molecule has 0 spiro atoms. The average Bonchev–Trinajstić information content (AvgIpc) is 3.21. The number of aromatic nitrogens is 1. The molecule has 0 bridgehead atoms. The van der Waals surface area contributed by atoms with Gasteiger partial charge in [0.25, 0.3) is 0 Å². The number of hydrogen-bond acceptors (Lipinski definition) is 2. The van der Waals surface area contributed by atoms with E-state index in [0.29, 0.717) is 0 Å². The molecule has 0 saturated carbocycles. The number of nitrogens with zero attached hydrogens (tertiary/aromatic N) is 1. The van der Waals surface area contributed by atoms with Gasteiger partial charge in [-0.2, -0.15) is 0 Å². The Balaban J connectivity index is 1.24. The van der Waals surface area contributed by atoms with Crippen molar-refractivity contribution in [2.24, 2.45) is 0 Å². The van der Waals surface area contributed by atoms with Crippen molar-refractivity contribution in [1.29, 1.82) is 0 Å². The molecule has 1 aliphatic heterocycles. The van der Waals surface area contributed by atoms with Crippen LogP contribution >= 0.6 is 0 Å². The summed E-state index contributed by atoms with van der Waals surface area (Å²) in [4.78, 5) is 5.22. The fourth-order valence-corrected chi connectivity index (χ4v) is 7.25. The third-order valence-electron chi connectivity index (χ3n) is 9.69. The largest absolute Gasteiger partial charge is 0.374 e. The van der Waals surface area contributed by atoms with Crippen LogP contribution in [0.5, 0.6) is 0 Å². The molecule has 1 N–H and O–H groups in total. The zero-order valence-corrected chi connectivity index (χ0v) is 27.5. The van der Waals surface area contributed by atoms with Crippen LogP contribution in [0.1, 0.15) is 22.7 Å². The van der Waals surface area contributed by atoms with E-state index in [9.17, 15) is 0 Å². The molecule has 0 fully saturated rings. The van der Waals surface area contributed by atoms with Gasteiger partial charge >= 0.3 is 0 Å². The standard InChI is InChI=1S/C48H34N2/c1-5-15-33(16-6-1)37-23-13-24-38(29-37)46-31-39(30-45(50-46)35-19-9-3-10-20-35)40-25-14-26-42-41(40)27-28-44-48(42)43(34-17-7-2-8-18-34)32-47(49-44)36-21-11-4-12-22-36/h1-32,45,50H. The van der Waals surface area contributed by atoms with Gasteiger partial charge in [-0.3, -0.25) is 0 Å². The van der Waals surface area contributed by atoms with Gasteiger partial charge in [-0.25, -0.2) is 4.98 Å². The number of rotatable bonds is 6. The third kappa shape index (κ3) is 5.57. The summed E-state index contributed by atoms with van der Waals surface area (Å²) < 4.78 is 0. The Morgan fingerprint density at radius 3 is 1.80 bits per heavy atom. The smallest absolute Gasteiger partial charge is 0.0722 e. The number of hydrogen-bond donors (Lipinski definition) is 1. The molecule has 8 aromatic rings. The van der Waals surface area contributed by atoms with Crippen LogP contribution in [0.4, 0.5) is 0 Å². The first-order chi connectivity index (χ1) is 24.8. The predicted octanol–water partition coefficient (Wildman–Crippen LogP) is 12.2. The molecule has 0 radical (unpaired) electrons. The highest BCUT2D eigenvalue weighted by Crippen LogP contribution is 2.40. The molecule has 1 atom stereocenters. The van der Waals surface area contributed by atoms with Crippen molar-refractivity contribution in [1.82, 2.24) is 10.3 Å². The molecule has 50 heavy (non-hydrogen) atoms. The predicted molar refractivity (Wildman–Crippen MR) is 210 cm³/mol. The van der Waals surface area contributed by atoms with E-state index in [4.69, 9.17) is 4.98 Å². The lowest BCUT2D eigenvalue weighted by Crippen LogP contribution is -2.21. The second-order valence-corrected chi connectivity index (χ2v) is 12.8. The Kier molecular flexibility index (Phi) is 7.60. The van der Waals surface area contributed by atoms with E-state index in [0.717, 1.165) is 28.0 Å². The lowest BCUT2D eigenvalue weighted by molar-refractivity contribution is 0.767. The summed E-state index contributed by atoms with van der Waals surface area (Å²) >= 11 is 0. The Morgan fingerprint density at radius 1 is 0.440 bits per heavy atom. The maximum absolute atomic E-state index is 5.22. The summed E-state index contributed by atoms with van der Waals surface area (Å²) in [6.45, 7) is 0. The third-order valence-corrected chi connectivity index (χ3v) is 9.69. The van der Waals surface area contributed by atoms with Crippen molar-refractivity contribution in [3.05, 3.63) is 211 Å².